The lowest BCUT2D eigenvalue weighted by Crippen LogP contribution is -2.45. The van der Waals surface area contributed by atoms with E-state index in [4.69, 9.17) is 0 Å². The summed E-state index contributed by atoms with van der Waals surface area (Å²) < 4.78 is 33.3. The fraction of sp³-hybridized carbons (Fsp3) is 0.0870. The van der Waals surface area contributed by atoms with Crippen molar-refractivity contribution in [3.8, 4) is 0 Å². The van der Waals surface area contributed by atoms with Crippen LogP contribution in [0.1, 0.15) is 21.5 Å². The van der Waals surface area contributed by atoms with Gasteiger partial charge in [-0.05, 0) is 40.2 Å². The van der Waals surface area contributed by atoms with Crippen molar-refractivity contribution in [3.05, 3.63) is 87.4 Å². The summed E-state index contributed by atoms with van der Waals surface area (Å²) in [7, 11) is 1.21. The first-order valence-electron chi connectivity index (χ1n) is 9.90. The number of hydrogen-bond acceptors (Lipinski definition) is 5. The molecule has 1 aromatic heterocycles. The molecule has 8 nitrogen and oxygen atoms in total. The summed E-state index contributed by atoms with van der Waals surface area (Å²) in [5.74, 6) is -2.42. The molecular weight excluding hydrogens is 550 g/mol. The Hall–Kier alpha value is -3.54. The number of aliphatic hydroxyl groups is 1. The standard InChI is InChI=1S/C23H15BrF2N4O4.ClH/c1-34-22(32)29-21-27-17-7-6-11(8-18(17)28-21)23(33)13-5-3-2-4-12(13)20(31)30(23)19-9-14(24)15(25)10-16(19)26;/h2-10,33H,1H3,(H2,27,28,29,32);1H. The van der Waals surface area contributed by atoms with Gasteiger partial charge in [0.25, 0.3) is 5.91 Å². The van der Waals surface area contributed by atoms with Gasteiger partial charge in [0.15, 0.2) is 5.72 Å². The summed E-state index contributed by atoms with van der Waals surface area (Å²) in [5.41, 5.74) is -0.940. The van der Waals surface area contributed by atoms with Crippen molar-refractivity contribution in [1.82, 2.24) is 9.97 Å². The molecule has 4 aromatic rings. The number of halogens is 4. The van der Waals surface area contributed by atoms with Crippen LogP contribution in [0.3, 0.4) is 0 Å². The number of nitrogens with zero attached hydrogens (tertiary/aromatic N) is 2. The normalized spacial score (nSPS) is 16.7. The third-order valence-electron chi connectivity index (χ3n) is 5.58. The minimum Gasteiger partial charge on any atom is -0.453 e. The van der Waals surface area contributed by atoms with Gasteiger partial charge in [0.05, 0.1) is 28.3 Å². The van der Waals surface area contributed by atoms with Crippen LogP contribution in [0.2, 0.25) is 0 Å². The number of methoxy groups -OCH3 is 1. The molecule has 35 heavy (non-hydrogen) atoms. The number of carbonyl (C=O) groups is 2. The number of amides is 2. The van der Waals surface area contributed by atoms with Gasteiger partial charge in [-0.15, -0.1) is 12.4 Å². The zero-order valence-electron chi connectivity index (χ0n) is 17.8. The smallest absolute Gasteiger partial charge is 0.413 e. The van der Waals surface area contributed by atoms with Crippen LogP contribution in [0.4, 0.5) is 25.2 Å². The van der Waals surface area contributed by atoms with Gasteiger partial charge in [-0.25, -0.2) is 18.6 Å². The number of fused-ring (bicyclic) bond motifs is 2. The van der Waals surface area contributed by atoms with Gasteiger partial charge >= 0.3 is 6.09 Å². The van der Waals surface area contributed by atoms with E-state index in [-0.39, 0.29) is 45.2 Å². The van der Waals surface area contributed by atoms with Crippen molar-refractivity contribution in [2.75, 3.05) is 17.3 Å². The van der Waals surface area contributed by atoms with E-state index >= 15 is 0 Å². The van der Waals surface area contributed by atoms with Crippen molar-refractivity contribution >= 4 is 63.0 Å². The van der Waals surface area contributed by atoms with E-state index in [0.29, 0.717) is 17.1 Å². The van der Waals surface area contributed by atoms with Gasteiger partial charge in [0.1, 0.15) is 11.6 Å². The molecule has 0 saturated carbocycles. The van der Waals surface area contributed by atoms with Crippen LogP contribution in [0.5, 0.6) is 0 Å². The van der Waals surface area contributed by atoms with Gasteiger partial charge in [0.2, 0.25) is 5.95 Å². The fourth-order valence-corrected chi connectivity index (χ4v) is 4.38. The average molecular weight is 566 g/mol. The highest BCUT2D eigenvalue weighted by Crippen LogP contribution is 2.46. The van der Waals surface area contributed by atoms with Crippen LogP contribution in [0, 0.1) is 11.6 Å². The topological polar surface area (TPSA) is 108 Å². The number of aromatic nitrogens is 2. The first-order valence-corrected chi connectivity index (χ1v) is 10.7. The second-order valence-electron chi connectivity index (χ2n) is 7.51. The minimum absolute atomic E-state index is 0. The van der Waals surface area contributed by atoms with Crippen LogP contribution in [0.15, 0.2) is 59.1 Å². The summed E-state index contributed by atoms with van der Waals surface area (Å²) in [6.07, 6.45) is -0.725. The molecule has 0 aliphatic carbocycles. The maximum absolute atomic E-state index is 14.9. The lowest BCUT2D eigenvalue weighted by Gasteiger charge is -2.35. The first kappa shape index (κ1) is 24.6. The highest BCUT2D eigenvalue weighted by atomic mass is 79.9. The molecule has 5 rings (SSSR count). The summed E-state index contributed by atoms with van der Waals surface area (Å²) in [6.45, 7) is 0. The molecule has 180 valence electrons. The number of carbonyl (C=O) groups excluding carboxylic acids is 2. The maximum atomic E-state index is 14.9. The molecule has 0 spiro atoms. The number of nitrogens with one attached hydrogen (secondary N) is 2. The highest BCUT2D eigenvalue weighted by molar-refractivity contribution is 9.10. The second-order valence-corrected chi connectivity index (χ2v) is 8.36. The Morgan fingerprint density at radius 1 is 1.17 bits per heavy atom. The zero-order chi connectivity index (χ0) is 24.2. The number of rotatable bonds is 3. The van der Waals surface area contributed by atoms with Crippen LogP contribution < -0.4 is 10.2 Å². The van der Waals surface area contributed by atoms with E-state index in [0.717, 1.165) is 11.0 Å². The third kappa shape index (κ3) is 3.81. The fourth-order valence-electron chi connectivity index (χ4n) is 4.05. The van der Waals surface area contributed by atoms with E-state index in [9.17, 15) is 23.5 Å². The number of imidazole rings is 1. The molecule has 1 atom stereocenters. The number of anilines is 2. The Kier molecular flexibility index (Phi) is 6.26. The van der Waals surface area contributed by atoms with Gasteiger partial charge in [-0.3, -0.25) is 15.0 Å². The molecule has 1 unspecified atom stereocenters. The predicted octanol–water partition coefficient (Wildman–Crippen LogP) is 5.06. The van der Waals surface area contributed by atoms with E-state index in [2.05, 4.69) is 36.0 Å². The highest BCUT2D eigenvalue weighted by Gasteiger charge is 2.51. The number of hydrogen-bond donors (Lipinski definition) is 3. The Morgan fingerprint density at radius 3 is 2.66 bits per heavy atom. The van der Waals surface area contributed by atoms with Crippen molar-refractivity contribution in [2.45, 2.75) is 5.72 Å². The third-order valence-corrected chi connectivity index (χ3v) is 6.19. The molecule has 1 aliphatic heterocycles. The first-order chi connectivity index (χ1) is 16.2. The molecule has 3 N–H and O–H groups in total. The van der Waals surface area contributed by atoms with Crippen molar-refractivity contribution in [3.63, 3.8) is 0 Å². The molecule has 0 saturated heterocycles. The SMILES string of the molecule is COC(=O)Nc1nc2ccc(C3(O)c4ccccc4C(=O)N3c3cc(Br)c(F)cc3F)cc2[nH]1.Cl. The van der Waals surface area contributed by atoms with Crippen molar-refractivity contribution < 1.29 is 28.2 Å². The van der Waals surface area contributed by atoms with Crippen LogP contribution in [0.25, 0.3) is 11.0 Å². The Bertz CT molecular complexity index is 1500. The molecule has 0 fully saturated rings. The lowest BCUT2D eigenvalue weighted by atomic mass is 9.93. The van der Waals surface area contributed by atoms with E-state index in [1.54, 1.807) is 24.3 Å². The van der Waals surface area contributed by atoms with Crippen LogP contribution >= 0.6 is 28.3 Å². The molecule has 2 amide bonds. The van der Waals surface area contributed by atoms with Gasteiger partial charge in [-0.2, -0.15) is 0 Å². The Balaban J connectivity index is 0.00000289. The molecule has 2 heterocycles. The number of H-pyrrole nitrogens is 1. The molecule has 1 aliphatic rings. The number of benzene rings is 3. The molecule has 0 bridgehead atoms. The van der Waals surface area contributed by atoms with Crippen molar-refractivity contribution in [2.24, 2.45) is 0 Å². The minimum atomic E-state index is -2.12. The second kappa shape index (κ2) is 8.91. The lowest BCUT2D eigenvalue weighted by molar-refractivity contribution is 0.0698. The Morgan fingerprint density at radius 2 is 1.91 bits per heavy atom. The van der Waals surface area contributed by atoms with Gasteiger partial charge in [-0.1, -0.05) is 24.3 Å². The van der Waals surface area contributed by atoms with E-state index in [1.165, 1.54) is 25.3 Å². The zero-order valence-corrected chi connectivity index (χ0v) is 20.2. The predicted molar refractivity (Wildman–Crippen MR) is 130 cm³/mol. The van der Waals surface area contributed by atoms with Gasteiger partial charge in [0, 0.05) is 22.8 Å². The van der Waals surface area contributed by atoms with Crippen molar-refractivity contribution in [1.29, 1.82) is 0 Å². The molecule has 3 aromatic carbocycles. The maximum Gasteiger partial charge on any atom is 0.413 e. The van der Waals surface area contributed by atoms with E-state index in [1.807, 2.05) is 0 Å². The molecule has 12 heteroatoms. The quantitative estimate of drug-likeness (QED) is 0.301. The summed E-state index contributed by atoms with van der Waals surface area (Å²) >= 11 is 3.02. The largest absolute Gasteiger partial charge is 0.453 e. The summed E-state index contributed by atoms with van der Waals surface area (Å²) in [5, 5.41) is 14.4. The molecular formula is C23H16BrClF2N4O4. The number of ether oxygens (including phenoxy) is 1. The van der Waals surface area contributed by atoms with Crippen LogP contribution in [-0.2, 0) is 10.5 Å². The molecule has 0 radical (unpaired) electrons. The Labute approximate surface area is 211 Å². The monoisotopic (exact) mass is 564 g/mol. The van der Waals surface area contributed by atoms with Crippen LogP contribution in [-0.4, -0.2) is 34.2 Å². The summed E-state index contributed by atoms with van der Waals surface area (Å²) in [4.78, 5) is 32.9. The average Bonchev–Trinajstić information content (AvgIpc) is 3.32. The van der Waals surface area contributed by atoms with E-state index < -0.39 is 29.4 Å². The summed E-state index contributed by atoms with van der Waals surface area (Å²) in [6, 6.07) is 12.7. The number of aromatic amines is 1. The van der Waals surface area contributed by atoms with Gasteiger partial charge < -0.3 is 14.8 Å².